The lowest BCUT2D eigenvalue weighted by Gasteiger charge is -2.03. The molecule has 1 aromatic carbocycles. The van der Waals surface area contributed by atoms with E-state index >= 15 is 0 Å². The number of rotatable bonds is 4. The Morgan fingerprint density at radius 1 is 1.15 bits per heavy atom. The molecular formula is C16H16N2O2. The number of aromatic nitrogens is 2. The van der Waals surface area contributed by atoms with Crippen molar-refractivity contribution in [3.05, 3.63) is 48.8 Å². The van der Waals surface area contributed by atoms with Crippen molar-refractivity contribution < 1.29 is 9.47 Å². The molecule has 0 radical (unpaired) electrons. The molecule has 2 aromatic heterocycles. The van der Waals surface area contributed by atoms with Crippen molar-refractivity contribution in [3.63, 3.8) is 0 Å². The van der Waals surface area contributed by atoms with E-state index in [1.807, 2.05) is 60.1 Å². The molecule has 0 atom stereocenters. The summed E-state index contributed by atoms with van der Waals surface area (Å²) in [5, 5.41) is 0. The smallest absolute Gasteiger partial charge is 0.180 e. The van der Waals surface area contributed by atoms with Crippen LogP contribution in [0.5, 0.6) is 11.5 Å². The Balaban J connectivity index is 2.05. The first-order chi connectivity index (χ1) is 9.81. The Morgan fingerprint density at radius 2 is 1.95 bits per heavy atom. The maximum Gasteiger partial charge on any atom is 0.180 e. The average Bonchev–Trinajstić information content (AvgIpc) is 2.93. The molecule has 4 nitrogen and oxygen atoms in total. The van der Waals surface area contributed by atoms with Gasteiger partial charge in [-0.3, -0.25) is 0 Å². The second-order valence-corrected chi connectivity index (χ2v) is 4.39. The number of methoxy groups -OCH3 is 1. The maximum atomic E-state index is 5.60. The predicted octanol–water partition coefficient (Wildman–Crippen LogP) is 3.41. The minimum Gasteiger partial charge on any atom is -0.497 e. The zero-order valence-corrected chi connectivity index (χ0v) is 11.5. The van der Waals surface area contributed by atoms with Gasteiger partial charge in [-0.2, -0.15) is 0 Å². The van der Waals surface area contributed by atoms with Crippen LogP contribution in [0.25, 0.3) is 16.9 Å². The molecule has 0 fully saturated rings. The van der Waals surface area contributed by atoms with E-state index in [4.69, 9.17) is 9.47 Å². The zero-order valence-electron chi connectivity index (χ0n) is 11.5. The lowest BCUT2D eigenvalue weighted by atomic mass is 10.2. The first kappa shape index (κ1) is 12.5. The summed E-state index contributed by atoms with van der Waals surface area (Å²) in [6.07, 6.45) is 3.97. The minimum absolute atomic E-state index is 0.629. The number of benzene rings is 1. The lowest BCUT2D eigenvalue weighted by Crippen LogP contribution is -1.94. The van der Waals surface area contributed by atoms with Gasteiger partial charge in [-0.15, -0.1) is 0 Å². The van der Waals surface area contributed by atoms with E-state index in [9.17, 15) is 0 Å². The summed E-state index contributed by atoms with van der Waals surface area (Å²) in [6, 6.07) is 11.8. The molecule has 102 valence electrons. The van der Waals surface area contributed by atoms with E-state index in [-0.39, 0.29) is 0 Å². The van der Waals surface area contributed by atoms with Gasteiger partial charge in [0.1, 0.15) is 5.75 Å². The van der Waals surface area contributed by atoms with E-state index in [0.717, 1.165) is 28.4 Å². The second kappa shape index (κ2) is 5.25. The van der Waals surface area contributed by atoms with Crippen LogP contribution in [0.4, 0.5) is 0 Å². The van der Waals surface area contributed by atoms with Crippen LogP contribution >= 0.6 is 0 Å². The van der Waals surface area contributed by atoms with E-state index in [1.165, 1.54) is 0 Å². The highest BCUT2D eigenvalue weighted by Gasteiger charge is 2.08. The van der Waals surface area contributed by atoms with E-state index in [2.05, 4.69) is 4.98 Å². The largest absolute Gasteiger partial charge is 0.497 e. The predicted molar refractivity (Wildman–Crippen MR) is 78.3 cm³/mol. The molecule has 2 heterocycles. The summed E-state index contributed by atoms with van der Waals surface area (Å²) in [4.78, 5) is 4.65. The molecule has 3 rings (SSSR count). The second-order valence-electron chi connectivity index (χ2n) is 4.39. The van der Waals surface area contributed by atoms with E-state index < -0.39 is 0 Å². The molecule has 0 saturated carbocycles. The molecule has 0 spiro atoms. The Kier molecular flexibility index (Phi) is 3.29. The monoisotopic (exact) mass is 268 g/mol. The van der Waals surface area contributed by atoms with Gasteiger partial charge in [0.05, 0.1) is 19.4 Å². The van der Waals surface area contributed by atoms with Crippen LogP contribution in [0.1, 0.15) is 6.92 Å². The third kappa shape index (κ3) is 2.20. The van der Waals surface area contributed by atoms with Crippen molar-refractivity contribution in [2.75, 3.05) is 13.7 Å². The topological polar surface area (TPSA) is 35.8 Å². The number of fused-ring (bicyclic) bond motifs is 1. The van der Waals surface area contributed by atoms with Gasteiger partial charge in [0, 0.05) is 18.0 Å². The van der Waals surface area contributed by atoms with Gasteiger partial charge in [0.25, 0.3) is 0 Å². The third-order valence-corrected chi connectivity index (χ3v) is 3.13. The molecule has 0 aliphatic carbocycles. The van der Waals surface area contributed by atoms with Crippen LogP contribution in [-0.2, 0) is 0 Å². The molecule has 0 saturated heterocycles. The van der Waals surface area contributed by atoms with Gasteiger partial charge in [-0.1, -0.05) is 0 Å². The fraction of sp³-hybridized carbons (Fsp3) is 0.188. The fourth-order valence-corrected chi connectivity index (χ4v) is 2.16. The van der Waals surface area contributed by atoms with Gasteiger partial charge in [-0.25, -0.2) is 4.98 Å². The van der Waals surface area contributed by atoms with Crippen LogP contribution in [-0.4, -0.2) is 23.1 Å². The quantitative estimate of drug-likeness (QED) is 0.727. The third-order valence-electron chi connectivity index (χ3n) is 3.13. The van der Waals surface area contributed by atoms with Gasteiger partial charge in [0.2, 0.25) is 0 Å². The first-order valence-corrected chi connectivity index (χ1v) is 6.56. The Labute approximate surface area is 117 Å². The Bertz CT molecular complexity index is 717. The van der Waals surface area contributed by atoms with Crippen LogP contribution < -0.4 is 9.47 Å². The van der Waals surface area contributed by atoms with Crippen molar-refractivity contribution in [1.82, 2.24) is 9.38 Å². The summed E-state index contributed by atoms with van der Waals surface area (Å²) >= 11 is 0. The van der Waals surface area contributed by atoms with Crippen molar-refractivity contribution in [1.29, 1.82) is 0 Å². The molecule has 4 heteroatoms. The molecule has 0 amide bonds. The number of nitrogens with zero attached hydrogens (tertiary/aromatic N) is 2. The Morgan fingerprint density at radius 3 is 2.65 bits per heavy atom. The molecule has 20 heavy (non-hydrogen) atoms. The molecular weight excluding hydrogens is 252 g/mol. The summed E-state index contributed by atoms with van der Waals surface area (Å²) in [5.41, 5.74) is 2.80. The van der Waals surface area contributed by atoms with Gasteiger partial charge in [-0.05, 0) is 43.3 Å². The summed E-state index contributed by atoms with van der Waals surface area (Å²) < 4.78 is 12.7. The number of ether oxygens (including phenoxy) is 2. The van der Waals surface area contributed by atoms with Crippen LogP contribution in [0, 0.1) is 0 Å². The number of imidazole rings is 1. The van der Waals surface area contributed by atoms with E-state index in [0.29, 0.717) is 6.61 Å². The molecule has 0 bridgehead atoms. The molecule has 0 unspecified atom stereocenters. The maximum absolute atomic E-state index is 5.60. The molecule has 0 aliphatic rings. The highest BCUT2D eigenvalue weighted by molar-refractivity contribution is 5.66. The SMILES string of the molecule is CCOc1cccn2cc(-c3ccc(OC)cc3)nc12. The van der Waals surface area contributed by atoms with Crippen LogP contribution in [0.15, 0.2) is 48.8 Å². The van der Waals surface area contributed by atoms with Crippen LogP contribution in [0.2, 0.25) is 0 Å². The fourth-order valence-electron chi connectivity index (χ4n) is 2.16. The minimum atomic E-state index is 0.629. The normalized spacial score (nSPS) is 10.7. The zero-order chi connectivity index (χ0) is 13.9. The highest BCUT2D eigenvalue weighted by Crippen LogP contribution is 2.25. The summed E-state index contributed by atoms with van der Waals surface area (Å²) in [5.74, 6) is 1.64. The molecule has 3 aromatic rings. The first-order valence-electron chi connectivity index (χ1n) is 6.56. The number of hydrogen-bond acceptors (Lipinski definition) is 3. The van der Waals surface area contributed by atoms with Crippen LogP contribution in [0.3, 0.4) is 0 Å². The molecule has 0 N–H and O–H groups in total. The van der Waals surface area contributed by atoms with Crippen molar-refractivity contribution in [2.45, 2.75) is 6.92 Å². The van der Waals surface area contributed by atoms with Crippen molar-refractivity contribution in [3.8, 4) is 22.8 Å². The Hall–Kier alpha value is -2.49. The van der Waals surface area contributed by atoms with Gasteiger partial charge in [0.15, 0.2) is 11.4 Å². The van der Waals surface area contributed by atoms with Crippen molar-refractivity contribution in [2.24, 2.45) is 0 Å². The standard InChI is InChI=1S/C16H16N2O2/c1-3-20-15-5-4-10-18-11-14(17-16(15)18)12-6-8-13(19-2)9-7-12/h4-11H,3H2,1-2H3. The summed E-state index contributed by atoms with van der Waals surface area (Å²) in [7, 11) is 1.66. The molecule has 0 aliphatic heterocycles. The summed E-state index contributed by atoms with van der Waals surface area (Å²) in [6.45, 7) is 2.60. The highest BCUT2D eigenvalue weighted by atomic mass is 16.5. The number of hydrogen-bond donors (Lipinski definition) is 0. The van der Waals surface area contributed by atoms with Gasteiger partial charge >= 0.3 is 0 Å². The lowest BCUT2D eigenvalue weighted by molar-refractivity contribution is 0.342. The van der Waals surface area contributed by atoms with Gasteiger partial charge < -0.3 is 13.9 Å². The average molecular weight is 268 g/mol. The number of pyridine rings is 1. The van der Waals surface area contributed by atoms with E-state index in [1.54, 1.807) is 7.11 Å². The van der Waals surface area contributed by atoms with Crippen molar-refractivity contribution >= 4 is 5.65 Å².